The van der Waals surface area contributed by atoms with Gasteiger partial charge in [0.25, 0.3) is 0 Å². The minimum atomic E-state index is 0.419. The average molecular weight is 224 g/mol. The molecule has 0 N–H and O–H groups in total. The van der Waals surface area contributed by atoms with Gasteiger partial charge in [-0.15, -0.1) is 0 Å². The number of allylic oxidation sites excluding steroid dienone is 5. The van der Waals surface area contributed by atoms with Crippen molar-refractivity contribution in [3.05, 3.63) is 71.3 Å². The highest BCUT2D eigenvalue weighted by atomic mass is 14.2. The van der Waals surface area contributed by atoms with E-state index >= 15 is 0 Å². The maximum absolute atomic E-state index is 3.98. The van der Waals surface area contributed by atoms with Gasteiger partial charge in [-0.05, 0) is 29.5 Å². The molecule has 0 aromatic heterocycles. The van der Waals surface area contributed by atoms with E-state index in [2.05, 4.69) is 69.8 Å². The summed E-state index contributed by atoms with van der Waals surface area (Å²) in [4.78, 5) is 0. The molecule has 1 unspecified atom stereocenters. The van der Waals surface area contributed by atoms with E-state index in [1.54, 1.807) is 0 Å². The lowest BCUT2D eigenvalue weighted by molar-refractivity contribution is 0.864. The molecule has 0 radical (unpaired) electrons. The molecule has 1 aromatic carbocycles. The fourth-order valence-electron chi connectivity index (χ4n) is 2.11. The van der Waals surface area contributed by atoms with Crippen molar-refractivity contribution in [2.24, 2.45) is 0 Å². The maximum Gasteiger partial charge on any atom is 0.0210 e. The van der Waals surface area contributed by atoms with Crippen molar-refractivity contribution in [1.29, 1.82) is 0 Å². The van der Waals surface area contributed by atoms with Gasteiger partial charge in [0.1, 0.15) is 0 Å². The Morgan fingerprint density at radius 2 is 1.82 bits per heavy atom. The van der Waals surface area contributed by atoms with Crippen LogP contribution in [0.4, 0.5) is 0 Å². The van der Waals surface area contributed by atoms with Crippen LogP contribution >= 0.6 is 0 Å². The van der Waals surface area contributed by atoms with E-state index in [1.165, 1.54) is 16.7 Å². The Morgan fingerprint density at radius 1 is 1.18 bits per heavy atom. The monoisotopic (exact) mass is 224 g/mol. The summed E-state index contributed by atoms with van der Waals surface area (Å²) in [6.45, 7) is 10.5. The van der Waals surface area contributed by atoms with E-state index in [9.17, 15) is 0 Å². The molecule has 17 heavy (non-hydrogen) atoms. The highest BCUT2D eigenvalue weighted by Crippen LogP contribution is 2.29. The van der Waals surface area contributed by atoms with Crippen LogP contribution in [-0.4, -0.2) is 0 Å². The van der Waals surface area contributed by atoms with Crippen molar-refractivity contribution in [3.63, 3.8) is 0 Å². The Bertz CT molecular complexity index is 469. The Kier molecular flexibility index (Phi) is 3.33. The number of hydrogen-bond acceptors (Lipinski definition) is 0. The highest BCUT2D eigenvalue weighted by Gasteiger charge is 2.12. The average Bonchev–Trinajstić information content (AvgIpc) is 2.78. The van der Waals surface area contributed by atoms with Crippen LogP contribution in [0.1, 0.15) is 43.7 Å². The van der Waals surface area contributed by atoms with Crippen LogP contribution in [0.25, 0.3) is 0 Å². The molecule has 1 aromatic rings. The van der Waals surface area contributed by atoms with Crippen molar-refractivity contribution in [2.45, 2.75) is 32.6 Å². The largest absolute Gasteiger partial charge is 0.0955 e. The lowest BCUT2D eigenvalue weighted by atomic mass is 9.96. The molecule has 1 aliphatic rings. The first-order valence-corrected chi connectivity index (χ1v) is 6.23. The van der Waals surface area contributed by atoms with Gasteiger partial charge in [0.05, 0.1) is 0 Å². The highest BCUT2D eigenvalue weighted by molar-refractivity contribution is 5.48. The standard InChI is InChI=1S/C17H20/c1-12(2)14-5-7-15(8-6-14)17-10-9-16(11-17)13(3)4/h5-12,17H,3H2,1-2,4H3. The fourth-order valence-corrected chi connectivity index (χ4v) is 2.11. The van der Waals surface area contributed by atoms with Gasteiger partial charge in [-0.25, -0.2) is 0 Å². The quantitative estimate of drug-likeness (QED) is 0.680. The maximum atomic E-state index is 3.98. The Labute approximate surface area is 104 Å². The molecule has 88 valence electrons. The molecule has 1 aliphatic carbocycles. The Morgan fingerprint density at radius 3 is 2.29 bits per heavy atom. The second kappa shape index (κ2) is 4.75. The van der Waals surface area contributed by atoms with Gasteiger partial charge in [-0.1, -0.05) is 68.5 Å². The molecule has 1 atom stereocenters. The summed E-state index contributed by atoms with van der Waals surface area (Å²) in [6.07, 6.45) is 6.70. The molecule has 2 rings (SSSR count). The summed E-state index contributed by atoms with van der Waals surface area (Å²) in [5, 5.41) is 0. The zero-order valence-corrected chi connectivity index (χ0v) is 10.9. The molecule has 0 amide bonds. The van der Waals surface area contributed by atoms with Crippen molar-refractivity contribution in [2.75, 3.05) is 0 Å². The van der Waals surface area contributed by atoms with Crippen LogP contribution in [0.5, 0.6) is 0 Å². The van der Waals surface area contributed by atoms with Crippen LogP contribution in [-0.2, 0) is 0 Å². The van der Waals surface area contributed by atoms with E-state index in [0.717, 1.165) is 5.57 Å². The van der Waals surface area contributed by atoms with E-state index in [1.807, 2.05) is 0 Å². The van der Waals surface area contributed by atoms with E-state index < -0.39 is 0 Å². The third-order valence-electron chi connectivity index (χ3n) is 3.32. The summed E-state index contributed by atoms with van der Waals surface area (Å²) < 4.78 is 0. The molecular weight excluding hydrogens is 204 g/mol. The molecule has 0 saturated heterocycles. The Balaban J connectivity index is 2.20. The van der Waals surface area contributed by atoms with Gasteiger partial charge in [-0.3, -0.25) is 0 Å². The van der Waals surface area contributed by atoms with Gasteiger partial charge >= 0.3 is 0 Å². The summed E-state index contributed by atoms with van der Waals surface area (Å²) in [6, 6.07) is 8.95. The Hall–Kier alpha value is -1.56. The zero-order valence-electron chi connectivity index (χ0n) is 10.9. The minimum absolute atomic E-state index is 0.419. The van der Waals surface area contributed by atoms with Crippen molar-refractivity contribution in [1.82, 2.24) is 0 Å². The van der Waals surface area contributed by atoms with Gasteiger partial charge in [0, 0.05) is 5.92 Å². The molecule has 0 saturated carbocycles. The van der Waals surface area contributed by atoms with Crippen LogP contribution in [0.2, 0.25) is 0 Å². The predicted octanol–water partition coefficient (Wildman–Crippen LogP) is 4.97. The first kappa shape index (κ1) is 11.9. The van der Waals surface area contributed by atoms with Crippen LogP contribution in [0, 0.1) is 0 Å². The molecule has 0 heteroatoms. The normalized spacial score (nSPS) is 18.6. The molecule has 0 heterocycles. The molecule has 0 fully saturated rings. The first-order valence-electron chi connectivity index (χ1n) is 6.23. The summed E-state index contributed by atoms with van der Waals surface area (Å²) >= 11 is 0. The molecule has 0 nitrogen and oxygen atoms in total. The number of benzene rings is 1. The summed E-state index contributed by atoms with van der Waals surface area (Å²) in [7, 11) is 0. The third-order valence-corrected chi connectivity index (χ3v) is 3.32. The van der Waals surface area contributed by atoms with Crippen LogP contribution in [0.15, 0.2) is 60.2 Å². The second-order valence-electron chi connectivity index (χ2n) is 5.11. The lowest BCUT2D eigenvalue weighted by Crippen LogP contribution is -1.92. The van der Waals surface area contributed by atoms with Crippen molar-refractivity contribution < 1.29 is 0 Å². The van der Waals surface area contributed by atoms with E-state index in [-0.39, 0.29) is 0 Å². The third kappa shape index (κ3) is 2.58. The lowest BCUT2D eigenvalue weighted by Gasteiger charge is -2.09. The second-order valence-corrected chi connectivity index (χ2v) is 5.11. The number of hydrogen-bond donors (Lipinski definition) is 0. The molecule has 0 aliphatic heterocycles. The molecular formula is C17H20. The predicted molar refractivity (Wildman–Crippen MR) is 75.3 cm³/mol. The van der Waals surface area contributed by atoms with Gasteiger partial charge in [0.15, 0.2) is 0 Å². The van der Waals surface area contributed by atoms with Gasteiger partial charge < -0.3 is 0 Å². The van der Waals surface area contributed by atoms with E-state index in [4.69, 9.17) is 0 Å². The van der Waals surface area contributed by atoms with Crippen molar-refractivity contribution >= 4 is 0 Å². The zero-order chi connectivity index (χ0) is 12.4. The SMILES string of the molecule is C=C(C)C1=CC(c2ccc(C(C)C)cc2)C=C1. The number of rotatable bonds is 3. The minimum Gasteiger partial charge on any atom is -0.0955 e. The summed E-state index contributed by atoms with van der Waals surface area (Å²) in [5.41, 5.74) is 5.17. The smallest absolute Gasteiger partial charge is 0.0210 e. The van der Waals surface area contributed by atoms with Crippen molar-refractivity contribution in [3.8, 4) is 0 Å². The van der Waals surface area contributed by atoms with Crippen LogP contribution in [0.3, 0.4) is 0 Å². The van der Waals surface area contributed by atoms with Crippen LogP contribution < -0.4 is 0 Å². The summed E-state index contributed by atoms with van der Waals surface area (Å²) in [5.74, 6) is 1.02. The van der Waals surface area contributed by atoms with E-state index in [0.29, 0.717) is 11.8 Å². The fraction of sp³-hybridized carbons (Fsp3) is 0.294. The van der Waals surface area contributed by atoms with Gasteiger partial charge in [0.2, 0.25) is 0 Å². The first-order chi connectivity index (χ1) is 8.08. The van der Waals surface area contributed by atoms with Gasteiger partial charge in [-0.2, -0.15) is 0 Å². The molecule has 0 bridgehead atoms. The topological polar surface area (TPSA) is 0 Å². The molecule has 0 spiro atoms.